The fourth-order valence-corrected chi connectivity index (χ4v) is 5.35. The summed E-state index contributed by atoms with van der Waals surface area (Å²) < 4.78 is 31.7. The van der Waals surface area contributed by atoms with Crippen LogP contribution in [0.3, 0.4) is 0 Å². The van der Waals surface area contributed by atoms with E-state index in [1.165, 1.54) is 25.7 Å². The average molecular weight is 476 g/mol. The van der Waals surface area contributed by atoms with Crippen LogP contribution in [0.4, 0.5) is 18.9 Å². The van der Waals surface area contributed by atoms with Crippen LogP contribution in [-0.4, -0.2) is 77.6 Å². The van der Waals surface area contributed by atoms with E-state index in [2.05, 4.69) is 9.80 Å². The van der Waals surface area contributed by atoms with Crippen LogP contribution in [0, 0.1) is 5.92 Å². The number of likely N-dealkylation sites (tertiary alicyclic amines) is 1. The second-order valence-electron chi connectivity index (χ2n) is 8.76. The first-order valence-electron chi connectivity index (χ1n) is 10.6. The number of carbonyl (C=O) groups is 3. The van der Waals surface area contributed by atoms with Gasteiger partial charge >= 0.3 is 12.1 Å². The molecule has 0 aromatic carbocycles. The number of rotatable bonds is 3. The topological polar surface area (TPSA) is 81.2 Å². The highest BCUT2D eigenvalue weighted by Crippen LogP contribution is 2.35. The van der Waals surface area contributed by atoms with Crippen LogP contribution in [0.25, 0.3) is 0 Å². The van der Waals surface area contributed by atoms with Crippen molar-refractivity contribution >= 4 is 34.8 Å². The molecule has 2 aliphatic heterocycles. The Bertz CT molecular complexity index is 827. The molecule has 2 amide bonds. The zero-order chi connectivity index (χ0) is 23.5. The molecule has 3 fully saturated rings. The molecule has 1 aromatic heterocycles. The number of carboxylic acids is 1. The number of anilines is 1. The maximum atomic E-state index is 12.7. The van der Waals surface area contributed by atoms with Gasteiger partial charge in [-0.2, -0.15) is 24.5 Å². The van der Waals surface area contributed by atoms with Crippen LogP contribution in [0.15, 0.2) is 16.8 Å². The summed E-state index contributed by atoms with van der Waals surface area (Å²) in [5.41, 5.74) is 0.902. The number of hydrogen-bond donors (Lipinski definition) is 1. The number of nitrogens with zero attached hydrogens (tertiary/aromatic N) is 3. The van der Waals surface area contributed by atoms with Gasteiger partial charge in [0.2, 0.25) is 11.8 Å². The summed E-state index contributed by atoms with van der Waals surface area (Å²) in [4.78, 5) is 40.3. The molecule has 1 spiro atoms. The molecule has 4 rings (SSSR count). The number of likely N-dealkylation sites (N-methyl/N-ethyl adjacent to an activating group) is 1. The van der Waals surface area contributed by atoms with E-state index < -0.39 is 12.1 Å². The Morgan fingerprint density at radius 2 is 1.91 bits per heavy atom. The summed E-state index contributed by atoms with van der Waals surface area (Å²) >= 11 is 1.62. The highest BCUT2D eigenvalue weighted by molar-refractivity contribution is 7.08. The van der Waals surface area contributed by atoms with Gasteiger partial charge in [0.15, 0.2) is 0 Å². The SMILES string of the molecule is CN1CC(=O)N(c2ccsc2)CC12CCN(C(=O)CC1CCCC1)C2.O=C(O)C(F)(F)F. The Labute approximate surface area is 188 Å². The van der Waals surface area contributed by atoms with Crippen molar-refractivity contribution in [1.82, 2.24) is 9.80 Å². The molecule has 1 saturated carbocycles. The van der Waals surface area contributed by atoms with E-state index in [1.807, 2.05) is 28.8 Å². The fourth-order valence-electron chi connectivity index (χ4n) is 4.71. The summed E-state index contributed by atoms with van der Waals surface area (Å²) in [6.45, 7) is 2.69. The van der Waals surface area contributed by atoms with Crippen molar-refractivity contribution in [2.24, 2.45) is 5.92 Å². The molecule has 1 unspecified atom stereocenters. The van der Waals surface area contributed by atoms with E-state index in [0.717, 1.165) is 25.2 Å². The molecule has 32 heavy (non-hydrogen) atoms. The Morgan fingerprint density at radius 1 is 1.25 bits per heavy atom. The summed E-state index contributed by atoms with van der Waals surface area (Å²) in [6.07, 6.45) is 1.57. The number of carbonyl (C=O) groups excluding carboxylic acids is 2. The molecular weight excluding hydrogens is 447 g/mol. The van der Waals surface area contributed by atoms with E-state index in [9.17, 15) is 22.8 Å². The number of carboxylic acid groups (broad SMARTS) is 1. The lowest BCUT2D eigenvalue weighted by Crippen LogP contribution is -2.64. The third kappa shape index (κ3) is 5.61. The Kier molecular flexibility index (Phi) is 7.49. The maximum Gasteiger partial charge on any atom is 0.490 e. The molecule has 1 N–H and O–H groups in total. The second kappa shape index (κ2) is 9.78. The zero-order valence-electron chi connectivity index (χ0n) is 17.9. The number of thiophene rings is 1. The first-order valence-corrected chi connectivity index (χ1v) is 11.6. The summed E-state index contributed by atoms with van der Waals surface area (Å²) in [7, 11) is 2.04. The predicted octanol–water partition coefficient (Wildman–Crippen LogP) is 3.21. The molecule has 3 aliphatic rings. The maximum absolute atomic E-state index is 12.7. The van der Waals surface area contributed by atoms with Crippen LogP contribution < -0.4 is 4.90 Å². The first kappa shape index (κ1) is 24.5. The van der Waals surface area contributed by atoms with Crippen molar-refractivity contribution in [2.45, 2.75) is 50.2 Å². The third-order valence-corrected chi connectivity index (χ3v) is 7.29. The van der Waals surface area contributed by atoms with Crippen molar-refractivity contribution in [1.29, 1.82) is 0 Å². The highest BCUT2D eigenvalue weighted by atomic mass is 32.1. The molecule has 3 heterocycles. The summed E-state index contributed by atoms with van der Waals surface area (Å²) in [5, 5.41) is 11.2. The number of amides is 2. The molecule has 0 radical (unpaired) electrons. The standard InChI is InChI=1S/C19H27N3O2S.C2HF3O2/c1-20-11-18(24)22(16-6-9-25-12-16)14-19(20)7-8-21(13-19)17(23)10-15-4-2-3-5-15;3-2(4,5)1(6)7/h6,9,12,15H,2-5,7-8,10-11,13-14H2,1H3;(H,6,7). The van der Waals surface area contributed by atoms with Crippen molar-refractivity contribution in [3.63, 3.8) is 0 Å². The summed E-state index contributed by atoms with van der Waals surface area (Å²) in [6, 6.07) is 2.01. The monoisotopic (exact) mass is 475 g/mol. The zero-order valence-corrected chi connectivity index (χ0v) is 18.8. The highest BCUT2D eigenvalue weighted by Gasteiger charge is 2.48. The van der Waals surface area contributed by atoms with Crippen molar-refractivity contribution in [2.75, 3.05) is 38.1 Å². The van der Waals surface area contributed by atoms with Gasteiger partial charge in [-0.15, -0.1) is 0 Å². The van der Waals surface area contributed by atoms with Crippen LogP contribution in [0.1, 0.15) is 38.5 Å². The van der Waals surface area contributed by atoms with Gasteiger partial charge in [-0.1, -0.05) is 12.8 Å². The quantitative estimate of drug-likeness (QED) is 0.726. The third-order valence-electron chi connectivity index (χ3n) is 6.62. The molecule has 2 saturated heterocycles. The van der Waals surface area contributed by atoms with Gasteiger partial charge in [0.05, 0.1) is 17.8 Å². The van der Waals surface area contributed by atoms with Gasteiger partial charge in [-0.25, -0.2) is 4.79 Å². The average Bonchev–Trinajstić information content (AvgIpc) is 3.47. The molecule has 7 nitrogen and oxygen atoms in total. The molecule has 1 aliphatic carbocycles. The van der Waals surface area contributed by atoms with E-state index in [4.69, 9.17) is 9.90 Å². The minimum Gasteiger partial charge on any atom is -0.475 e. The number of piperazine rings is 1. The predicted molar refractivity (Wildman–Crippen MR) is 113 cm³/mol. The van der Waals surface area contributed by atoms with Crippen molar-refractivity contribution in [3.05, 3.63) is 16.8 Å². The number of aliphatic carboxylic acids is 1. The lowest BCUT2D eigenvalue weighted by atomic mass is 9.92. The largest absolute Gasteiger partial charge is 0.490 e. The van der Waals surface area contributed by atoms with Crippen LogP contribution >= 0.6 is 11.3 Å². The van der Waals surface area contributed by atoms with Gasteiger partial charge in [-0.05, 0) is 43.7 Å². The smallest absolute Gasteiger partial charge is 0.475 e. The summed E-state index contributed by atoms with van der Waals surface area (Å²) in [5.74, 6) is -1.69. The minimum absolute atomic E-state index is 0.0960. The second-order valence-corrected chi connectivity index (χ2v) is 9.54. The van der Waals surface area contributed by atoms with E-state index in [-0.39, 0.29) is 11.4 Å². The Morgan fingerprint density at radius 3 is 2.47 bits per heavy atom. The number of alkyl halides is 3. The minimum atomic E-state index is -5.08. The number of hydrogen-bond acceptors (Lipinski definition) is 5. The lowest BCUT2D eigenvalue weighted by molar-refractivity contribution is -0.192. The number of halogens is 3. The Hall–Kier alpha value is -2.14. The van der Waals surface area contributed by atoms with Crippen molar-refractivity contribution < 1.29 is 32.7 Å². The molecule has 1 aromatic rings. The lowest BCUT2D eigenvalue weighted by Gasteiger charge is -2.46. The molecule has 11 heteroatoms. The van der Waals surface area contributed by atoms with Gasteiger partial charge in [0.25, 0.3) is 0 Å². The van der Waals surface area contributed by atoms with Crippen LogP contribution in [-0.2, 0) is 14.4 Å². The molecule has 1 atom stereocenters. The van der Waals surface area contributed by atoms with Crippen molar-refractivity contribution in [3.8, 4) is 0 Å². The first-order chi connectivity index (χ1) is 15.0. The van der Waals surface area contributed by atoms with Gasteiger partial charge < -0.3 is 14.9 Å². The van der Waals surface area contributed by atoms with E-state index in [0.29, 0.717) is 31.3 Å². The van der Waals surface area contributed by atoms with E-state index >= 15 is 0 Å². The molecule has 178 valence electrons. The Balaban J connectivity index is 0.000000360. The normalized spacial score (nSPS) is 24.7. The van der Waals surface area contributed by atoms with Gasteiger partial charge in [-0.3, -0.25) is 14.5 Å². The van der Waals surface area contributed by atoms with Gasteiger partial charge in [0, 0.05) is 31.4 Å². The van der Waals surface area contributed by atoms with Crippen LogP contribution in [0.5, 0.6) is 0 Å². The molecule has 0 bridgehead atoms. The van der Waals surface area contributed by atoms with Crippen LogP contribution in [0.2, 0.25) is 0 Å². The van der Waals surface area contributed by atoms with Gasteiger partial charge in [0.1, 0.15) is 0 Å². The van der Waals surface area contributed by atoms with E-state index in [1.54, 1.807) is 11.3 Å². The fraction of sp³-hybridized carbons (Fsp3) is 0.667. The molecular formula is C21H28F3N3O4S.